The molecule has 0 heterocycles. The lowest BCUT2D eigenvalue weighted by Gasteiger charge is -2.25. The van der Waals surface area contributed by atoms with Crippen molar-refractivity contribution in [3.63, 3.8) is 0 Å². The Kier molecular flexibility index (Phi) is 6.89. The summed E-state index contributed by atoms with van der Waals surface area (Å²) in [7, 11) is 1.66. The third-order valence-electron chi connectivity index (χ3n) is 2.59. The van der Waals surface area contributed by atoms with E-state index in [-0.39, 0.29) is 0 Å². The number of hydrogen-bond acceptors (Lipinski definition) is 3. The van der Waals surface area contributed by atoms with E-state index in [0.717, 1.165) is 11.3 Å². The van der Waals surface area contributed by atoms with Crippen molar-refractivity contribution in [2.75, 3.05) is 31.7 Å². The summed E-state index contributed by atoms with van der Waals surface area (Å²) in [5, 5.41) is 9.37. The third kappa shape index (κ3) is 4.38. The van der Waals surface area contributed by atoms with E-state index in [0.29, 0.717) is 37.0 Å². The Labute approximate surface area is 118 Å². The molecule has 0 saturated heterocycles. The van der Waals surface area contributed by atoms with Gasteiger partial charge in [0.1, 0.15) is 0 Å². The average Bonchev–Trinajstić information content (AvgIpc) is 2.39. The first-order chi connectivity index (χ1) is 8.72. The van der Waals surface area contributed by atoms with Gasteiger partial charge >= 0.3 is 0 Å². The van der Waals surface area contributed by atoms with Crippen LogP contribution in [0.15, 0.2) is 18.2 Å². The van der Waals surface area contributed by atoms with Crippen molar-refractivity contribution in [2.45, 2.75) is 12.3 Å². The summed E-state index contributed by atoms with van der Waals surface area (Å²) in [6.45, 7) is 1.95. The van der Waals surface area contributed by atoms with Gasteiger partial charge in [-0.1, -0.05) is 17.7 Å². The van der Waals surface area contributed by atoms with Crippen LogP contribution in [0.4, 0.5) is 5.69 Å². The molecular weight excluding hydrogens is 271 g/mol. The van der Waals surface area contributed by atoms with Crippen LogP contribution in [0.1, 0.15) is 12.0 Å². The first-order valence-electron chi connectivity index (χ1n) is 5.68. The molecule has 0 N–H and O–H groups in total. The van der Waals surface area contributed by atoms with E-state index in [4.69, 9.17) is 33.2 Å². The van der Waals surface area contributed by atoms with E-state index in [9.17, 15) is 0 Å². The summed E-state index contributed by atoms with van der Waals surface area (Å²) >= 11 is 12.0. The molecular formula is C13H16Cl2N2O. The van der Waals surface area contributed by atoms with Crippen molar-refractivity contribution < 1.29 is 4.74 Å². The molecule has 1 aromatic carbocycles. The predicted molar refractivity (Wildman–Crippen MR) is 75.3 cm³/mol. The molecule has 1 aromatic rings. The molecule has 18 heavy (non-hydrogen) atoms. The molecule has 0 radical (unpaired) electrons. The number of nitriles is 1. The summed E-state index contributed by atoms with van der Waals surface area (Å²) in [6.07, 6.45) is 0.456. The normalized spacial score (nSPS) is 10.1. The number of ether oxygens (including phenoxy) is 1. The van der Waals surface area contributed by atoms with E-state index in [1.54, 1.807) is 7.11 Å². The van der Waals surface area contributed by atoms with Crippen molar-refractivity contribution >= 4 is 28.9 Å². The molecule has 0 spiro atoms. The Bertz CT molecular complexity index is 418. The van der Waals surface area contributed by atoms with Gasteiger partial charge in [0, 0.05) is 36.8 Å². The third-order valence-corrected chi connectivity index (χ3v) is 3.11. The van der Waals surface area contributed by atoms with E-state index in [2.05, 4.69) is 11.0 Å². The summed E-state index contributed by atoms with van der Waals surface area (Å²) in [5.41, 5.74) is 1.99. The van der Waals surface area contributed by atoms with Gasteiger partial charge in [-0.15, -0.1) is 11.6 Å². The monoisotopic (exact) mass is 286 g/mol. The predicted octanol–water partition coefficient (Wildman–Crippen LogP) is 3.45. The molecule has 0 bridgehead atoms. The molecule has 0 fully saturated rings. The van der Waals surface area contributed by atoms with E-state index in [1.807, 2.05) is 18.2 Å². The van der Waals surface area contributed by atoms with Gasteiger partial charge in [0.15, 0.2) is 0 Å². The van der Waals surface area contributed by atoms with Gasteiger partial charge in [0.25, 0.3) is 0 Å². The summed E-state index contributed by atoms with van der Waals surface area (Å²) < 4.78 is 5.09. The van der Waals surface area contributed by atoms with Gasteiger partial charge in [-0.25, -0.2) is 0 Å². The van der Waals surface area contributed by atoms with Crippen LogP contribution >= 0.6 is 23.2 Å². The fourth-order valence-electron chi connectivity index (χ4n) is 1.68. The highest BCUT2D eigenvalue weighted by Gasteiger charge is 2.11. The van der Waals surface area contributed by atoms with E-state index < -0.39 is 0 Å². The molecule has 3 nitrogen and oxygen atoms in total. The van der Waals surface area contributed by atoms with Crippen molar-refractivity contribution in [3.8, 4) is 6.07 Å². The van der Waals surface area contributed by atoms with Crippen molar-refractivity contribution in [1.29, 1.82) is 5.26 Å². The molecule has 5 heteroatoms. The maximum atomic E-state index is 8.71. The quantitative estimate of drug-likeness (QED) is 0.721. The lowest BCUT2D eigenvalue weighted by molar-refractivity contribution is 0.205. The van der Waals surface area contributed by atoms with E-state index in [1.165, 1.54) is 0 Å². The highest BCUT2D eigenvalue weighted by Crippen LogP contribution is 2.26. The maximum absolute atomic E-state index is 8.71. The fraction of sp³-hybridized carbons (Fsp3) is 0.462. The SMILES string of the molecule is COCCN(CCC#N)c1cc(Cl)ccc1CCl. The topological polar surface area (TPSA) is 36.3 Å². The Balaban J connectivity index is 2.94. The number of halogens is 2. The van der Waals surface area contributed by atoms with Crippen LogP contribution in [-0.4, -0.2) is 26.8 Å². The number of methoxy groups -OCH3 is 1. The average molecular weight is 287 g/mol. The van der Waals surface area contributed by atoms with E-state index >= 15 is 0 Å². The van der Waals surface area contributed by atoms with Gasteiger partial charge in [0.05, 0.1) is 19.1 Å². The molecule has 0 aromatic heterocycles. The summed E-state index contributed by atoms with van der Waals surface area (Å²) in [5.74, 6) is 0.419. The molecule has 98 valence electrons. The van der Waals surface area contributed by atoms with Crippen molar-refractivity contribution in [1.82, 2.24) is 0 Å². The van der Waals surface area contributed by atoms with Gasteiger partial charge < -0.3 is 9.64 Å². The number of alkyl halides is 1. The van der Waals surface area contributed by atoms with Crippen LogP contribution in [0.2, 0.25) is 5.02 Å². The Morgan fingerprint density at radius 3 is 2.78 bits per heavy atom. The minimum Gasteiger partial charge on any atom is -0.383 e. The van der Waals surface area contributed by atoms with Crippen LogP contribution < -0.4 is 4.90 Å². The lowest BCUT2D eigenvalue weighted by atomic mass is 10.1. The summed E-state index contributed by atoms with van der Waals surface area (Å²) in [6, 6.07) is 7.76. The molecule has 0 aliphatic carbocycles. The smallest absolute Gasteiger partial charge is 0.0640 e. The second kappa shape index (κ2) is 8.20. The van der Waals surface area contributed by atoms with Crippen LogP contribution in [0.3, 0.4) is 0 Å². The highest BCUT2D eigenvalue weighted by atomic mass is 35.5. The molecule has 0 atom stereocenters. The molecule has 0 saturated carbocycles. The number of rotatable bonds is 7. The number of hydrogen-bond donors (Lipinski definition) is 0. The minimum absolute atomic E-state index is 0.419. The Morgan fingerprint density at radius 2 is 2.17 bits per heavy atom. The van der Waals surface area contributed by atoms with Crippen molar-refractivity contribution in [3.05, 3.63) is 28.8 Å². The molecule has 0 unspecified atom stereocenters. The minimum atomic E-state index is 0.419. The zero-order valence-electron chi connectivity index (χ0n) is 10.3. The maximum Gasteiger partial charge on any atom is 0.0640 e. The first-order valence-corrected chi connectivity index (χ1v) is 6.59. The summed E-state index contributed by atoms with van der Waals surface area (Å²) in [4.78, 5) is 2.08. The Morgan fingerprint density at radius 1 is 1.39 bits per heavy atom. The van der Waals surface area contributed by atoms with Crippen LogP contribution in [-0.2, 0) is 10.6 Å². The number of anilines is 1. The zero-order chi connectivity index (χ0) is 13.4. The lowest BCUT2D eigenvalue weighted by Crippen LogP contribution is -2.29. The zero-order valence-corrected chi connectivity index (χ0v) is 11.8. The van der Waals surface area contributed by atoms with Crippen LogP contribution in [0, 0.1) is 11.3 Å². The van der Waals surface area contributed by atoms with Gasteiger partial charge in [0.2, 0.25) is 0 Å². The van der Waals surface area contributed by atoms with Gasteiger partial charge in [-0.05, 0) is 17.7 Å². The number of benzene rings is 1. The molecule has 0 aliphatic heterocycles. The van der Waals surface area contributed by atoms with Crippen LogP contribution in [0.5, 0.6) is 0 Å². The standard InChI is InChI=1S/C13H16Cl2N2O/c1-18-8-7-17(6-2-5-16)13-9-12(15)4-3-11(13)10-14/h3-4,9H,2,6-8,10H2,1H3. The Hall–Kier alpha value is -0.950. The number of nitrogens with zero attached hydrogens (tertiary/aromatic N) is 2. The molecule has 0 amide bonds. The molecule has 1 rings (SSSR count). The molecule has 0 aliphatic rings. The van der Waals surface area contributed by atoms with Crippen LogP contribution in [0.25, 0.3) is 0 Å². The first kappa shape index (κ1) is 15.1. The second-order valence-electron chi connectivity index (χ2n) is 3.79. The highest BCUT2D eigenvalue weighted by molar-refractivity contribution is 6.31. The van der Waals surface area contributed by atoms with Gasteiger partial charge in [-0.2, -0.15) is 5.26 Å². The van der Waals surface area contributed by atoms with Crippen molar-refractivity contribution in [2.24, 2.45) is 0 Å². The fourth-order valence-corrected chi connectivity index (χ4v) is 2.08. The van der Waals surface area contributed by atoms with Gasteiger partial charge in [-0.3, -0.25) is 0 Å². The second-order valence-corrected chi connectivity index (χ2v) is 4.50. The largest absolute Gasteiger partial charge is 0.383 e.